The molecule has 2 aromatic carbocycles. The standard InChI is InChI=1S/C25H26N4O6S2/c1-16-6-8-20(17(2)12-16)34-10-5-11-35-21-9-7-18(14-22(21)33-3)13-19(15-26)23(30)27-24-28-29-25(36-24)37(4,31)32/h6-9,12-14H,5,10-11H2,1-4H3,(H,27,28,30). The number of rotatable bonds is 11. The summed E-state index contributed by atoms with van der Waals surface area (Å²) in [5.41, 5.74) is 2.58. The lowest BCUT2D eigenvalue weighted by Crippen LogP contribution is -2.13. The third-order valence-corrected chi connectivity index (χ3v) is 7.45. The van der Waals surface area contributed by atoms with E-state index in [2.05, 4.69) is 21.6 Å². The number of carbonyl (C=O) groups excluding carboxylic acids is 1. The Bertz CT molecular complexity index is 1460. The van der Waals surface area contributed by atoms with Crippen molar-refractivity contribution < 1.29 is 27.4 Å². The van der Waals surface area contributed by atoms with Gasteiger partial charge in [-0.25, -0.2) is 8.42 Å². The number of anilines is 1. The van der Waals surface area contributed by atoms with Crippen molar-refractivity contribution in [3.63, 3.8) is 0 Å². The van der Waals surface area contributed by atoms with Gasteiger partial charge < -0.3 is 14.2 Å². The maximum Gasteiger partial charge on any atom is 0.268 e. The molecular weight excluding hydrogens is 516 g/mol. The van der Waals surface area contributed by atoms with Crippen LogP contribution in [-0.4, -0.2) is 51.1 Å². The van der Waals surface area contributed by atoms with Gasteiger partial charge in [0.15, 0.2) is 11.5 Å². The first-order chi connectivity index (χ1) is 17.6. The van der Waals surface area contributed by atoms with Crippen LogP contribution in [0.25, 0.3) is 6.08 Å². The summed E-state index contributed by atoms with van der Waals surface area (Å²) in [6.07, 6.45) is 3.02. The van der Waals surface area contributed by atoms with Gasteiger partial charge in [-0.2, -0.15) is 5.26 Å². The predicted octanol–water partition coefficient (Wildman–Crippen LogP) is 3.96. The van der Waals surface area contributed by atoms with Gasteiger partial charge in [0, 0.05) is 12.7 Å². The zero-order chi connectivity index (χ0) is 27.0. The fourth-order valence-corrected chi connectivity index (χ4v) is 4.67. The van der Waals surface area contributed by atoms with E-state index < -0.39 is 15.7 Å². The molecule has 1 aromatic heterocycles. The topological polar surface area (TPSA) is 140 Å². The van der Waals surface area contributed by atoms with Crippen LogP contribution in [0, 0.1) is 25.2 Å². The molecule has 0 atom stereocenters. The summed E-state index contributed by atoms with van der Waals surface area (Å²) in [6, 6.07) is 12.9. The molecule has 0 radical (unpaired) electrons. The van der Waals surface area contributed by atoms with Crippen LogP contribution in [0.1, 0.15) is 23.1 Å². The molecule has 0 aliphatic carbocycles. The number of carbonyl (C=O) groups is 1. The van der Waals surface area contributed by atoms with Gasteiger partial charge in [-0.1, -0.05) is 35.1 Å². The minimum atomic E-state index is -3.55. The molecule has 0 fully saturated rings. The number of sulfone groups is 1. The molecule has 1 amide bonds. The van der Waals surface area contributed by atoms with Gasteiger partial charge in [0.2, 0.25) is 19.3 Å². The average Bonchev–Trinajstić information content (AvgIpc) is 3.33. The Balaban J connectivity index is 1.59. The maximum absolute atomic E-state index is 12.5. The highest BCUT2D eigenvalue weighted by atomic mass is 32.2. The van der Waals surface area contributed by atoms with Crippen LogP contribution in [0.15, 0.2) is 46.3 Å². The molecule has 0 saturated carbocycles. The van der Waals surface area contributed by atoms with E-state index in [1.165, 1.54) is 18.7 Å². The number of benzene rings is 2. The Kier molecular flexibility index (Phi) is 9.21. The number of aryl methyl sites for hydroxylation is 2. The van der Waals surface area contributed by atoms with Crippen LogP contribution in [0.3, 0.4) is 0 Å². The zero-order valence-electron chi connectivity index (χ0n) is 20.8. The number of nitriles is 1. The third-order valence-electron chi connectivity index (χ3n) is 4.94. The number of aromatic nitrogens is 2. The number of ether oxygens (including phenoxy) is 3. The first-order valence-electron chi connectivity index (χ1n) is 11.1. The third kappa shape index (κ3) is 7.77. The number of methoxy groups -OCH3 is 1. The molecule has 37 heavy (non-hydrogen) atoms. The normalized spacial score (nSPS) is 11.5. The van der Waals surface area contributed by atoms with Crippen molar-refractivity contribution in [2.75, 3.05) is 31.9 Å². The number of hydrogen-bond donors (Lipinski definition) is 1. The van der Waals surface area contributed by atoms with Gasteiger partial charge >= 0.3 is 0 Å². The highest BCUT2D eigenvalue weighted by molar-refractivity contribution is 7.92. The number of nitrogens with one attached hydrogen (secondary N) is 1. The number of hydrogen-bond acceptors (Lipinski definition) is 10. The van der Waals surface area contributed by atoms with Gasteiger partial charge in [0.1, 0.15) is 17.4 Å². The van der Waals surface area contributed by atoms with Crippen LogP contribution in [0.2, 0.25) is 0 Å². The van der Waals surface area contributed by atoms with Crippen molar-refractivity contribution in [3.8, 4) is 23.3 Å². The van der Waals surface area contributed by atoms with Crippen molar-refractivity contribution in [2.45, 2.75) is 24.6 Å². The van der Waals surface area contributed by atoms with Crippen LogP contribution < -0.4 is 19.5 Å². The number of amides is 1. The van der Waals surface area contributed by atoms with E-state index in [0.29, 0.717) is 48.0 Å². The Morgan fingerprint density at radius 1 is 1.08 bits per heavy atom. The molecule has 0 saturated heterocycles. The van der Waals surface area contributed by atoms with Crippen LogP contribution in [0.5, 0.6) is 17.2 Å². The van der Waals surface area contributed by atoms with E-state index in [-0.39, 0.29) is 15.0 Å². The van der Waals surface area contributed by atoms with Gasteiger partial charge in [0.25, 0.3) is 5.91 Å². The van der Waals surface area contributed by atoms with Crippen molar-refractivity contribution in [1.29, 1.82) is 5.26 Å². The smallest absolute Gasteiger partial charge is 0.268 e. The summed E-state index contributed by atoms with van der Waals surface area (Å²) in [6.45, 7) is 4.94. The Morgan fingerprint density at radius 2 is 1.78 bits per heavy atom. The average molecular weight is 543 g/mol. The van der Waals surface area contributed by atoms with Crippen LogP contribution in [0.4, 0.5) is 5.13 Å². The highest BCUT2D eigenvalue weighted by Crippen LogP contribution is 2.29. The Morgan fingerprint density at radius 3 is 2.41 bits per heavy atom. The molecule has 194 valence electrons. The van der Waals surface area contributed by atoms with Crippen LogP contribution in [-0.2, 0) is 14.6 Å². The molecular formula is C25H26N4O6S2. The molecule has 0 unspecified atom stereocenters. The highest BCUT2D eigenvalue weighted by Gasteiger charge is 2.17. The first-order valence-corrected chi connectivity index (χ1v) is 13.8. The van der Waals surface area contributed by atoms with Gasteiger partial charge in [0.05, 0.1) is 20.3 Å². The molecule has 12 heteroatoms. The summed E-state index contributed by atoms with van der Waals surface area (Å²) in [5.74, 6) is 1.04. The lowest BCUT2D eigenvalue weighted by Gasteiger charge is -2.13. The van der Waals surface area contributed by atoms with E-state index in [1.807, 2.05) is 32.0 Å². The molecule has 1 N–H and O–H groups in total. The second-order valence-electron chi connectivity index (χ2n) is 8.00. The second-order valence-corrected chi connectivity index (χ2v) is 11.2. The van der Waals surface area contributed by atoms with E-state index in [1.54, 1.807) is 18.2 Å². The molecule has 1 heterocycles. The van der Waals surface area contributed by atoms with E-state index >= 15 is 0 Å². The lowest BCUT2D eigenvalue weighted by atomic mass is 10.1. The van der Waals surface area contributed by atoms with Crippen LogP contribution >= 0.6 is 11.3 Å². The van der Waals surface area contributed by atoms with Gasteiger partial charge in [-0.05, 0) is 49.2 Å². The van der Waals surface area contributed by atoms with Crippen molar-refractivity contribution in [2.24, 2.45) is 0 Å². The lowest BCUT2D eigenvalue weighted by molar-refractivity contribution is -0.112. The van der Waals surface area contributed by atoms with E-state index in [4.69, 9.17) is 14.2 Å². The second kappa shape index (κ2) is 12.3. The fourth-order valence-electron chi connectivity index (χ4n) is 3.17. The largest absolute Gasteiger partial charge is 0.493 e. The minimum Gasteiger partial charge on any atom is -0.493 e. The zero-order valence-corrected chi connectivity index (χ0v) is 22.4. The van der Waals surface area contributed by atoms with Crippen molar-refractivity contribution in [3.05, 3.63) is 58.7 Å². The Labute approximate surface area is 219 Å². The van der Waals surface area contributed by atoms with Crippen molar-refractivity contribution in [1.82, 2.24) is 10.2 Å². The van der Waals surface area contributed by atoms with Gasteiger partial charge in [-0.15, -0.1) is 10.2 Å². The molecule has 0 bridgehead atoms. The molecule has 0 aliphatic heterocycles. The maximum atomic E-state index is 12.5. The quantitative estimate of drug-likeness (QED) is 0.165. The molecule has 3 rings (SSSR count). The molecule has 3 aromatic rings. The first kappa shape index (κ1) is 27.6. The fraction of sp³-hybridized carbons (Fsp3) is 0.280. The van der Waals surface area contributed by atoms with Crippen molar-refractivity contribution >= 4 is 38.3 Å². The predicted molar refractivity (Wildman–Crippen MR) is 140 cm³/mol. The SMILES string of the molecule is COc1cc(C=C(C#N)C(=O)Nc2nnc(S(C)(=O)=O)s2)ccc1OCCCOc1ccc(C)cc1C. The molecule has 10 nitrogen and oxygen atoms in total. The minimum absolute atomic E-state index is 0.0329. The van der Waals surface area contributed by atoms with E-state index in [0.717, 1.165) is 17.6 Å². The summed E-state index contributed by atoms with van der Waals surface area (Å²) in [7, 11) is -2.06. The molecule has 0 aliphatic rings. The summed E-state index contributed by atoms with van der Waals surface area (Å²) in [5, 5.41) is 19.0. The summed E-state index contributed by atoms with van der Waals surface area (Å²) >= 11 is 0.697. The monoisotopic (exact) mass is 542 g/mol. The Hall–Kier alpha value is -3.95. The molecule has 0 spiro atoms. The van der Waals surface area contributed by atoms with Gasteiger partial charge in [-0.3, -0.25) is 10.1 Å². The summed E-state index contributed by atoms with van der Waals surface area (Å²) < 4.78 is 39.9. The number of nitrogens with zero attached hydrogens (tertiary/aromatic N) is 3. The van der Waals surface area contributed by atoms with E-state index in [9.17, 15) is 18.5 Å². The summed E-state index contributed by atoms with van der Waals surface area (Å²) in [4.78, 5) is 12.5.